The first-order valence-corrected chi connectivity index (χ1v) is 29.5. The van der Waals surface area contributed by atoms with E-state index in [1.165, 1.54) is 95.4 Å². The van der Waals surface area contributed by atoms with Gasteiger partial charge in [0.15, 0.2) is 0 Å². The van der Waals surface area contributed by atoms with Gasteiger partial charge >= 0.3 is 31.7 Å². The van der Waals surface area contributed by atoms with Crippen LogP contribution >= 0.6 is 41.8 Å². The Kier molecular flexibility index (Phi) is 26.3. The Morgan fingerprint density at radius 2 is 1.06 bits per heavy atom. The fraction of sp³-hybridized carbons (Fsp3) is 0.407. The number of rotatable bonds is 11. The molecule has 6 heterocycles. The molecule has 25 heteroatoms. The van der Waals surface area contributed by atoms with E-state index in [-0.39, 0.29) is 10.6 Å². The van der Waals surface area contributed by atoms with Gasteiger partial charge in [0, 0.05) is 29.6 Å². The number of carboxylic acid groups (broad SMARTS) is 4. The second kappa shape index (κ2) is 31.9. The third kappa shape index (κ3) is 20.3. The lowest BCUT2D eigenvalue weighted by Crippen LogP contribution is -2.37. The van der Waals surface area contributed by atoms with Gasteiger partial charge in [-0.15, -0.1) is 34.0 Å². The molecule has 8 N–H and O–H groups in total. The van der Waals surface area contributed by atoms with Gasteiger partial charge in [-0.3, -0.25) is 14.9 Å². The Labute approximate surface area is 469 Å². The SMILES string of the molecule is CC(C)N1CCC(c2csc3c([N+](=O)[O-])cccc23)CC1.CCN1CCC(c2csc3c(C#N)cccc23)CC1.CCN1CCC(c2csc3c(NC=O)cccc23)CC1.O=C(O)/C=C\C(=O)O.O=C(O)C(=O)O.O=P(O)(O)O. The Bertz CT molecular complexity index is 3090. The summed E-state index contributed by atoms with van der Waals surface area (Å²) in [6.45, 7) is 18.3. The topological polar surface area (TPSA) is 333 Å². The summed E-state index contributed by atoms with van der Waals surface area (Å²) in [6, 6.07) is 20.6. The van der Waals surface area contributed by atoms with Crippen LogP contribution in [0.4, 0.5) is 11.4 Å². The van der Waals surface area contributed by atoms with E-state index in [1.807, 2.05) is 30.3 Å². The molecule has 3 fully saturated rings. The van der Waals surface area contributed by atoms with Crippen LogP contribution < -0.4 is 5.32 Å². The summed E-state index contributed by atoms with van der Waals surface area (Å²) in [5.41, 5.74) is 6.23. The molecule has 3 aliphatic heterocycles. The Morgan fingerprint density at radius 1 is 0.684 bits per heavy atom. The van der Waals surface area contributed by atoms with Crippen molar-refractivity contribution in [2.75, 3.05) is 57.7 Å². The van der Waals surface area contributed by atoms with Gasteiger partial charge in [0.05, 0.1) is 25.6 Å². The standard InChI is InChI=1S/C16H20N2O2S.C16H20N2OS.C16H18N2S.C4H4O4.C2H2O4.H3O4P/c1-11(2)17-8-6-12(7-9-17)14-10-21-16-13(14)4-3-5-15(16)18(19)20;1-2-18-8-6-12(7-9-18)14-10-20-16-13(14)4-3-5-15(16)17-11-19;1-2-18-8-6-12(7-9-18)15-11-19-16-13(10-17)4-3-5-14(15)16;5-3(6)1-2-4(7)8;3-1(4)2(5)6;1-5(2,3)4/h3-5,10-12H,6-9H2,1-2H3;3-5,10-12H,2,6-9H2,1H3,(H,17,19);3-5,11-12H,2,6-9H2,1H3;1-2H,(H,5,6)(H,7,8);(H,3,4)(H,5,6);(H3,1,2,3,4)/b;;;2-1-;;. The van der Waals surface area contributed by atoms with Crippen LogP contribution in [0.15, 0.2) is 82.9 Å². The predicted octanol–water partition coefficient (Wildman–Crippen LogP) is 9.98. The summed E-state index contributed by atoms with van der Waals surface area (Å²) >= 11 is 4.99. The van der Waals surface area contributed by atoms with Crippen LogP contribution in [-0.4, -0.2) is 143 Å². The molecule has 3 saturated heterocycles. The van der Waals surface area contributed by atoms with Crippen LogP contribution in [0, 0.1) is 21.4 Å². The van der Waals surface area contributed by atoms with Crippen LogP contribution in [0.25, 0.3) is 30.3 Å². The van der Waals surface area contributed by atoms with Crippen LogP contribution in [0.1, 0.15) is 106 Å². The van der Waals surface area contributed by atoms with E-state index in [2.05, 4.69) is 82.1 Å². The molecular formula is C54H67N6O15PS3. The fourth-order valence-corrected chi connectivity index (χ4v) is 13.0. The second-order valence-electron chi connectivity index (χ2n) is 18.7. The summed E-state index contributed by atoms with van der Waals surface area (Å²) < 4.78 is 12.1. The number of carbonyl (C=O) groups is 5. The molecule has 9 rings (SSSR count). The minimum Gasteiger partial charge on any atom is -0.478 e. The zero-order chi connectivity index (χ0) is 58.4. The number of piperidine rings is 3. The van der Waals surface area contributed by atoms with Crippen molar-refractivity contribution in [2.45, 2.75) is 90.0 Å². The van der Waals surface area contributed by atoms with E-state index < -0.39 is 31.7 Å². The Morgan fingerprint density at radius 3 is 1.44 bits per heavy atom. The molecule has 21 nitrogen and oxygen atoms in total. The van der Waals surface area contributed by atoms with Crippen molar-refractivity contribution in [2.24, 2.45) is 0 Å². The summed E-state index contributed by atoms with van der Waals surface area (Å²) in [6.07, 6.45) is 9.14. The van der Waals surface area contributed by atoms with Gasteiger partial charge in [-0.2, -0.15) is 5.26 Å². The monoisotopic (exact) mass is 1170 g/mol. The maximum atomic E-state index is 11.1. The number of hydrogen-bond acceptors (Lipinski definition) is 15. The third-order valence-corrected chi connectivity index (χ3v) is 16.7. The quantitative estimate of drug-likeness (QED) is 0.0149. The number of phosphoric acid groups is 1. The van der Waals surface area contributed by atoms with E-state index in [0.29, 0.717) is 35.9 Å². The average Bonchev–Trinajstić information content (AvgIpc) is 4.41. The Hall–Kier alpha value is -6.49. The molecule has 426 valence electrons. The third-order valence-electron chi connectivity index (χ3n) is 13.6. The zero-order valence-electron chi connectivity index (χ0n) is 44.2. The minimum atomic E-state index is -4.64. The van der Waals surface area contributed by atoms with Gasteiger partial charge < -0.3 is 55.1 Å². The van der Waals surface area contributed by atoms with Gasteiger partial charge in [0.25, 0.3) is 5.69 Å². The molecule has 3 aromatic heterocycles. The van der Waals surface area contributed by atoms with E-state index in [1.54, 1.807) is 34.8 Å². The normalized spacial score (nSPS) is 15.6. The number of fused-ring (bicyclic) bond motifs is 3. The largest absolute Gasteiger partial charge is 0.478 e. The van der Waals surface area contributed by atoms with Crippen molar-refractivity contribution in [1.82, 2.24) is 14.7 Å². The maximum absolute atomic E-state index is 11.1. The van der Waals surface area contributed by atoms with E-state index >= 15 is 0 Å². The smallest absolute Gasteiger partial charge is 0.466 e. The lowest BCUT2D eigenvalue weighted by Gasteiger charge is -2.34. The first kappa shape index (κ1) is 65.0. The Balaban J connectivity index is 0.000000220. The summed E-state index contributed by atoms with van der Waals surface area (Å²) in [4.78, 5) is 87.9. The summed E-state index contributed by atoms with van der Waals surface area (Å²) in [5.74, 6) is -4.29. The van der Waals surface area contributed by atoms with Gasteiger partial charge in [-0.1, -0.05) is 50.2 Å². The first-order valence-electron chi connectivity index (χ1n) is 25.3. The molecule has 6 aromatic rings. The first-order chi connectivity index (χ1) is 37.5. The molecular weight excluding hydrogens is 1100 g/mol. The maximum Gasteiger partial charge on any atom is 0.466 e. The number of nitriles is 1. The van der Waals surface area contributed by atoms with Crippen LogP contribution in [-0.2, 0) is 28.5 Å². The average molecular weight is 1170 g/mol. The summed E-state index contributed by atoms with van der Waals surface area (Å²) in [5, 5.41) is 63.9. The van der Waals surface area contributed by atoms with Gasteiger partial charge in [0.2, 0.25) is 6.41 Å². The number of anilines is 1. The highest BCUT2D eigenvalue weighted by Gasteiger charge is 2.27. The molecule has 0 radical (unpaired) electrons. The molecule has 0 saturated carbocycles. The summed E-state index contributed by atoms with van der Waals surface area (Å²) in [7, 11) is -4.64. The molecule has 0 bridgehead atoms. The number of nitro benzene ring substituents is 1. The highest BCUT2D eigenvalue weighted by atomic mass is 32.1. The number of nitrogens with zero attached hydrogens (tertiary/aromatic N) is 5. The highest BCUT2D eigenvalue weighted by Crippen LogP contribution is 2.42. The number of nitro groups is 1. The molecule has 3 aliphatic rings. The lowest BCUT2D eigenvalue weighted by molar-refractivity contribution is -0.382. The predicted molar refractivity (Wildman–Crippen MR) is 307 cm³/mol. The van der Waals surface area contributed by atoms with E-state index in [9.17, 15) is 29.8 Å². The molecule has 0 spiro atoms. The number of carboxylic acids is 4. The van der Waals surface area contributed by atoms with Crippen molar-refractivity contribution < 1.29 is 68.6 Å². The van der Waals surface area contributed by atoms with Crippen molar-refractivity contribution in [3.8, 4) is 6.07 Å². The number of nitrogens with one attached hydrogen (secondary N) is 1. The number of amides is 1. The molecule has 1 amide bonds. The molecule has 0 aliphatic carbocycles. The number of carbonyl (C=O) groups excluding carboxylic acids is 1. The van der Waals surface area contributed by atoms with E-state index in [4.69, 9.17) is 49.3 Å². The van der Waals surface area contributed by atoms with Crippen molar-refractivity contribution in [1.29, 1.82) is 5.26 Å². The molecule has 0 unspecified atom stereocenters. The second-order valence-corrected chi connectivity index (χ2v) is 22.3. The number of thiophene rings is 3. The highest BCUT2D eigenvalue weighted by molar-refractivity contribution is 7.45. The van der Waals surface area contributed by atoms with Crippen molar-refractivity contribution in [3.05, 3.63) is 115 Å². The van der Waals surface area contributed by atoms with Crippen LogP contribution in [0.3, 0.4) is 0 Å². The van der Waals surface area contributed by atoms with E-state index in [0.717, 1.165) is 71.5 Å². The fourth-order valence-electron chi connectivity index (χ4n) is 9.56. The number of aliphatic carboxylic acids is 4. The number of non-ortho nitro benzene ring substituents is 1. The number of hydrogen-bond donors (Lipinski definition) is 8. The van der Waals surface area contributed by atoms with Gasteiger partial charge in [-0.05, 0) is 178 Å². The van der Waals surface area contributed by atoms with Crippen LogP contribution in [0.5, 0.6) is 0 Å². The molecule has 0 atom stereocenters. The van der Waals surface area contributed by atoms with Gasteiger partial charge in [0.1, 0.15) is 10.8 Å². The van der Waals surface area contributed by atoms with Crippen molar-refractivity contribution in [3.63, 3.8) is 0 Å². The lowest BCUT2D eigenvalue weighted by atomic mass is 9.88. The van der Waals surface area contributed by atoms with Crippen molar-refractivity contribution >= 4 is 114 Å². The molecule has 3 aromatic carbocycles. The van der Waals surface area contributed by atoms with Crippen LogP contribution in [0.2, 0.25) is 0 Å². The number of likely N-dealkylation sites (tertiary alicyclic amines) is 3. The van der Waals surface area contributed by atoms with Gasteiger partial charge in [-0.25, -0.2) is 23.7 Å². The molecule has 79 heavy (non-hydrogen) atoms. The zero-order valence-corrected chi connectivity index (χ0v) is 47.5. The minimum absolute atomic E-state index is 0.239. The number of benzene rings is 3.